The number of pyridine rings is 1. The maximum absolute atomic E-state index is 13.9. The third-order valence-electron chi connectivity index (χ3n) is 10.6. The van der Waals surface area contributed by atoms with Crippen LogP contribution in [0.15, 0.2) is 79.0 Å². The number of piperazine rings is 1. The molecule has 0 spiro atoms. The lowest BCUT2D eigenvalue weighted by Gasteiger charge is -2.49. The highest BCUT2D eigenvalue weighted by molar-refractivity contribution is 5.95. The summed E-state index contributed by atoms with van der Waals surface area (Å²) in [5.41, 5.74) is 4.30. The summed E-state index contributed by atoms with van der Waals surface area (Å²) in [5, 5.41) is 10.9. The van der Waals surface area contributed by atoms with E-state index in [-0.39, 0.29) is 18.1 Å². The number of hydrogen-bond donors (Lipinski definition) is 1. The molecule has 208 valence electrons. The quantitative estimate of drug-likeness (QED) is 0.383. The first-order valence-corrected chi connectivity index (χ1v) is 15.4. The van der Waals surface area contributed by atoms with Gasteiger partial charge in [-0.15, -0.1) is 0 Å². The molecule has 2 aromatic carbocycles. The van der Waals surface area contributed by atoms with Crippen molar-refractivity contribution in [2.24, 2.45) is 11.8 Å². The molecule has 3 saturated heterocycles. The zero-order valence-corrected chi connectivity index (χ0v) is 23.5. The first kappa shape index (κ1) is 25.9. The van der Waals surface area contributed by atoms with Crippen LogP contribution in [0.3, 0.4) is 0 Å². The Labute approximate surface area is 238 Å². The molecule has 4 bridgehead atoms. The van der Waals surface area contributed by atoms with Crippen LogP contribution in [0.5, 0.6) is 0 Å². The van der Waals surface area contributed by atoms with Crippen LogP contribution in [0.25, 0.3) is 0 Å². The van der Waals surface area contributed by atoms with Crippen molar-refractivity contribution in [3.8, 4) is 0 Å². The minimum atomic E-state index is -0.371. The van der Waals surface area contributed by atoms with E-state index in [2.05, 4.69) is 58.1 Å². The first-order chi connectivity index (χ1) is 19.6. The average Bonchev–Trinajstić information content (AvgIpc) is 3.71. The normalized spacial score (nSPS) is 30.9. The lowest BCUT2D eigenvalue weighted by molar-refractivity contribution is -0.00790. The number of aliphatic hydroxyl groups is 1. The van der Waals surface area contributed by atoms with Crippen molar-refractivity contribution in [2.75, 3.05) is 0 Å². The Hall–Kier alpha value is -3.02. The minimum Gasteiger partial charge on any atom is -0.388 e. The van der Waals surface area contributed by atoms with E-state index in [0.29, 0.717) is 36.0 Å². The number of benzene rings is 2. The fourth-order valence-corrected chi connectivity index (χ4v) is 8.71. The van der Waals surface area contributed by atoms with Crippen molar-refractivity contribution in [3.63, 3.8) is 0 Å². The van der Waals surface area contributed by atoms with Gasteiger partial charge in [0.15, 0.2) is 0 Å². The molecule has 4 unspecified atom stereocenters. The Morgan fingerprint density at radius 2 is 1.52 bits per heavy atom. The highest BCUT2D eigenvalue weighted by atomic mass is 16.3. The van der Waals surface area contributed by atoms with E-state index in [1.54, 1.807) is 0 Å². The molecule has 7 rings (SSSR count). The van der Waals surface area contributed by atoms with Crippen LogP contribution < -0.4 is 0 Å². The predicted molar refractivity (Wildman–Crippen MR) is 157 cm³/mol. The number of aromatic nitrogens is 1. The van der Waals surface area contributed by atoms with E-state index in [1.165, 1.54) is 18.4 Å². The third kappa shape index (κ3) is 4.57. The molecule has 8 atom stereocenters. The van der Waals surface area contributed by atoms with Crippen molar-refractivity contribution in [2.45, 2.75) is 94.6 Å². The zero-order chi connectivity index (χ0) is 27.2. The number of aliphatic hydroxyl groups excluding tert-OH is 1. The van der Waals surface area contributed by atoms with Crippen LogP contribution in [-0.2, 0) is 6.42 Å². The topological polar surface area (TPSA) is 56.7 Å². The lowest BCUT2D eigenvalue weighted by Crippen LogP contribution is -2.62. The van der Waals surface area contributed by atoms with Crippen LogP contribution >= 0.6 is 0 Å². The Bertz CT molecular complexity index is 1290. The summed E-state index contributed by atoms with van der Waals surface area (Å²) in [6.45, 7) is 2.29. The maximum Gasteiger partial charge on any atom is 0.254 e. The largest absolute Gasteiger partial charge is 0.388 e. The number of hydrogen-bond acceptors (Lipinski definition) is 4. The molecule has 1 aromatic heterocycles. The van der Waals surface area contributed by atoms with Crippen molar-refractivity contribution in [1.29, 1.82) is 0 Å². The summed E-state index contributed by atoms with van der Waals surface area (Å²) in [5.74, 6) is 1.14. The van der Waals surface area contributed by atoms with E-state index < -0.39 is 0 Å². The second kappa shape index (κ2) is 10.8. The van der Waals surface area contributed by atoms with Crippen molar-refractivity contribution < 1.29 is 9.90 Å². The molecule has 4 aliphatic rings. The van der Waals surface area contributed by atoms with Gasteiger partial charge in [-0.3, -0.25) is 14.7 Å². The van der Waals surface area contributed by atoms with Gasteiger partial charge >= 0.3 is 0 Å². The standard InChI is InChI=1S/C35H41N3O2/c1-23(29-9-5-6-20-36-29)37-30-16-17-31(37)33-19-18-32(30)38(33)35(40)27-13-10-24(11-14-27)21-25-12-15-28(22-25)34(39)26-7-3-2-4-8-26/h2-11,13-14,20,23,25,28,30-34,39H,12,15-19,21-22H2,1H3/t23-,25-,28-,30?,31?,32?,33?,34+/m0/s1. The van der Waals surface area contributed by atoms with Crippen molar-refractivity contribution in [3.05, 3.63) is 101 Å². The highest BCUT2D eigenvalue weighted by Gasteiger charge is 2.57. The molecule has 5 heteroatoms. The molecule has 3 aliphatic heterocycles. The SMILES string of the molecule is C[C@@H](c1ccccn1)N1C2CCC1C1CCC2N1C(=O)c1ccc(C[C@@H]2CC[C@H]([C@H](O)c3ccccc3)C2)cc1. The highest BCUT2D eigenvalue weighted by Crippen LogP contribution is 2.49. The summed E-state index contributed by atoms with van der Waals surface area (Å²) in [4.78, 5) is 23.5. The fourth-order valence-electron chi connectivity index (χ4n) is 8.71. The van der Waals surface area contributed by atoms with Gasteiger partial charge in [0, 0.05) is 42.0 Å². The van der Waals surface area contributed by atoms with Gasteiger partial charge < -0.3 is 10.0 Å². The van der Waals surface area contributed by atoms with Crippen LogP contribution in [-0.4, -0.2) is 50.0 Å². The van der Waals surface area contributed by atoms with E-state index in [4.69, 9.17) is 0 Å². The molecule has 0 radical (unpaired) electrons. The van der Waals surface area contributed by atoms with Crippen molar-refractivity contribution in [1.82, 2.24) is 14.8 Å². The van der Waals surface area contributed by atoms with E-state index >= 15 is 0 Å². The summed E-state index contributed by atoms with van der Waals surface area (Å²) in [6.07, 6.45) is 10.4. The van der Waals surface area contributed by atoms with E-state index in [0.717, 1.165) is 55.3 Å². The van der Waals surface area contributed by atoms with Gasteiger partial charge in [0.25, 0.3) is 5.91 Å². The summed E-state index contributed by atoms with van der Waals surface area (Å²) < 4.78 is 0. The Morgan fingerprint density at radius 3 is 2.20 bits per heavy atom. The molecular formula is C35H41N3O2. The number of carbonyl (C=O) groups is 1. The van der Waals surface area contributed by atoms with Gasteiger partial charge in [-0.1, -0.05) is 48.5 Å². The zero-order valence-electron chi connectivity index (χ0n) is 23.5. The number of nitrogens with zero attached hydrogens (tertiary/aromatic N) is 3. The molecule has 1 N–H and O–H groups in total. The van der Waals surface area contributed by atoms with E-state index in [1.807, 2.05) is 42.6 Å². The minimum absolute atomic E-state index is 0.216. The monoisotopic (exact) mass is 535 g/mol. The third-order valence-corrected chi connectivity index (χ3v) is 10.6. The molecule has 1 amide bonds. The number of carbonyl (C=O) groups excluding carboxylic acids is 1. The average molecular weight is 536 g/mol. The maximum atomic E-state index is 13.9. The number of amides is 1. The predicted octanol–water partition coefficient (Wildman–Crippen LogP) is 6.36. The summed E-state index contributed by atoms with van der Waals surface area (Å²) >= 11 is 0. The van der Waals surface area contributed by atoms with Crippen LogP contribution in [0.1, 0.15) is 91.2 Å². The molecule has 3 aromatic rings. The smallest absolute Gasteiger partial charge is 0.254 e. The van der Waals surface area contributed by atoms with Gasteiger partial charge in [-0.2, -0.15) is 0 Å². The van der Waals surface area contributed by atoms with Gasteiger partial charge in [0.05, 0.1) is 11.8 Å². The van der Waals surface area contributed by atoms with Crippen LogP contribution in [0.2, 0.25) is 0 Å². The van der Waals surface area contributed by atoms with Gasteiger partial charge in [-0.25, -0.2) is 0 Å². The molecule has 5 nitrogen and oxygen atoms in total. The Kier molecular flexibility index (Phi) is 6.97. The van der Waals surface area contributed by atoms with Crippen molar-refractivity contribution >= 4 is 5.91 Å². The Balaban J connectivity index is 1.00. The second-order valence-electron chi connectivity index (χ2n) is 12.7. The molecule has 40 heavy (non-hydrogen) atoms. The first-order valence-electron chi connectivity index (χ1n) is 15.4. The van der Waals surface area contributed by atoms with Crippen LogP contribution in [0.4, 0.5) is 0 Å². The van der Waals surface area contributed by atoms with Gasteiger partial charge in [0.2, 0.25) is 0 Å². The lowest BCUT2D eigenvalue weighted by atomic mass is 9.91. The van der Waals surface area contributed by atoms with Gasteiger partial charge in [-0.05, 0) is 106 Å². The van der Waals surface area contributed by atoms with Gasteiger partial charge in [0.1, 0.15) is 0 Å². The second-order valence-corrected chi connectivity index (χ2v) is 12.7. The fraction of sp³-hybridized carbons (Fsp3) is 0.486. The Morgan fingerprint density at radius 1 is 0.850 bits per heavy atom. The molecule has 4 heterocycles. The molecular weight excluding hydrogens is 494 g/mol. The van der Waals surface area contributed by atoms with Crippen LogP contribution in [0, 0.1) is 11.8 Å². The van der Waals surface area contributed by atoms with E-state index in [9.17, 15) is 9.90 Å². The molecule has 1 aliphatic carbocycles. The summed E-state index contributed by atoms with van der Waals surface area (Å²) in [7, 11) is 0. The number of fused-ring (bicyclic) bond motifs is 6. The molecule has 1 saturated carbocycles. The number of rotatable bonds is 7. The molecule has 4 fully saturated rings. The summed E-state index contributed by atoms with van der Waals surface area (Å²) in [6, 6.07) is 26.5.